The number of carbonyl (C=O) groups is 1. The highest BCUT2D eigenvalue weighted by Gasteiger charge is 2.40. The monoisotopic (exact) mass is 218 g/mol. The second-order valence-corrected chi connectivity index (χ2v) is 3.34. The number of halogens is 3. The van der Waals surface area contributed by atoms with Crippen LogP contribution in [0.5, 0.6) is 0 Å². The van der Waals surface area contributed by atoms with Gasteiger partial charge >= 0.3 is 21.9 Å². The molecular formula is C8H5F3O2Si. The van der Waals surface area contributed by atoms with Gasteiger partial charge in [0.15, 0.2) is 0 Å². The average molecular weight is 218 g/mol. The summed E-state index contributed by atoms with van der Waals surface area (Å²) in [6.45, 7) is 0. The van der Waals surface area contributed by atoms with Crippen LogP contribution in [0.1, 0.15) is 0 Å². The van der Waals surface area contributed by atoms with Crippen molar-refractivity contribution in [1.82, 2.24) is 0 Å². The third-order valence-electron chi connectivity index (χ3n) is 1.27. The zero-order valence-corrected chi connectivity index (χ0v) is 7.84. The van der Waals surface area contributed by atoms with Gasteiger partial charge < -0.3 is 4.43 Å². The zero-order valence-electron chi connectivity index (χ0n) is 6.84. The van der Waals surface area contributed by atoms with Crippen molar-refractivity contribution < 1.29 is 22.4 Å². The van der Waals surface area contributed by atoms with Gasteiger partial charge in [-0.05, 0) is 5.19 Å². The van der Waals surface area contributed by atoms with Gasteiger partial charge in [-0.1, -0.05) is 30.3 Å². The van der Waals surface area contributed by atoms with E-state index < -0.39 is 21.9 Å². The Labute approximate surface area is 80.6 Å². The molecule has 1 aromatic carbocycles. The van der Waals surface area contributed by atoms with Crippen LogP contribution in [0.2, 0.25) is 0 Å². The Balaban J connectivity index is 2.46. The summed E-state index contributed by atoms with van der Waals surface area (Å²) in [6.07, 6.45) is -4.91. The molecule has 0 N–H and O–H groups in total. The number of benzene rings is 1. The summed E-state index contributed by atoms with van der Waals surface area (Å²) >= 11 is 0. The molecule has 2 radical (unpaired) electrons. The van der Waals surface area contributed by atoms with E-state index in [0.717, 1.165) is 0 Å². The molecule has 0 aromatic heterocycles. The average Bonchev–Trinajstić information content (AvgIpc) is 2.14. The first kappa shape index (κ1) is 10.8. The smallest absolute Gasteiger partial charge is 0.489 e. The Hall–Kier alpha value is -1.30. The van der Waals surface area contributed by atoms with Crippen molar-refractivity contribution in [3.63, 3.8) is 0 Å². The Morgan fingerprint density at radius 3 is 2.29 bits per heavy atom. The van der Waals surface area contributed by atoms with Crippen LogP contribution in [0.15, 0.2) is 30.3 Å². The van der Waals surface area contributed by atoms with E-state index >= 15 is 0 Å². The first-order chi connectivity index (χ1) is 6.50. The van der Waals surface area contributed by atoms with E-state index in [1.807, 2.05) is 0 Å². The van der Waals surface area contributed by atoms with Crippen LogP contribution in [-0.4, -0.2) is 21.9 Å². The fourth-order valence-corrected chi connectivity index (χ4v) is 1.32. The minimum Gasteiger partial charge on any atom is -0.505 e. The predicted molar refractivity (Wildman–Crippen MR) is 44.0 cm³/mol. The molecule has 0 aliphatic rings. The van der Waals surface area contributed by atoms with Crippen LogP contribution in [0.25, 0.3) is 0 Å². The molecule has 0 fully saturated rings. The molecule has 74 valence electrons. The van der Waals surface area contributed by atoms with Crippen molar-refractivity contribution in [2.45, 2.75) is 6.18 Å². The molecule has 14 heavy (non-hydrogen) atoms. The molecule has 0 unspecified atom stereocenters. The molecular weight excluding hydrogens is 213 g/mol. The molecule has 6 heteroatoms. The Morgan fingerprint density at radius 1 is 1.21 bits per heavy atom. The minimum absolute atomic E-state index is 0.546. The normalized spacial score (nSPS) is 11.1. The molecule has 0 saturated heterocycles. The largest absolute Gasteiger partial charge is 0.505 e. The topological polar surface area (TPSA) is 26.3 Å². The van der Waals surface area contributed by atoms with E-state index in [0.29, 0.717) is 5.19 Å². The van der Waals surface area contributed by atoms with Gasteiger partial charge in [-0.2, -0.15) is 13.2 Å². The lowest BCUT2D eigenvalue weighted by Crippen LogP contribution is -2.30. The van der Waals surface area contributed by atoms with E-state index in [-0.39, 0.29) is 0 Å². The van der Waals surface area contributed by atoms with E-state index in [9.17, 15) is 18.0 Å². The number of hydrogen-bond donors (Lipinski definition) is 0. The first-order valence-corrected chi connectivity index (χ1v) is 4.50. The lowest BCUT2D eigenvalue weighted by atomic mass is 10.4. The highest BCUT2D eigenvalue weighted by molar-refractivity contribution is 6.48. The van der Waals surface area contributed by atoms with Crippen molar-refractivity contribution in [2.24, 2.45) is 0 Å². The molecule has 1 aromatic rings. The van der Waals surface area contributed by atoms with E-state index in [4.69, 9.17) is 0 Å². The fraction of sp³-hybridized carbons (Fsp3) is 0.125. The Morgan fingerprint density at radius 2 is 1.79 bits per heavy atom. The van der Waals surface area contributed by atoms with Crippen LogP contribution < -0.4 is 5.19 Å². The van der Waals surface area contributed by atoms with Gasteiger partial charge in [-0.15, -0.1) is 0 Å². The summed E-state index contributed by atoms with van der Waals surface area (Å²) in [4.78, 5) is 10.3. The van der Waals surface area contributed by atoms with Crippen molar-refractivity contribution in [3.8, 4) is 0 Å². The van der Waals surface area contributed by atoms with Crippen LogP contribution in [-0.2, 0) is 9.22 Å². The second kappa shape index (κ2) is 4.27. The van der Waals surface area contributed by atoms with Crippen LogP contribution in [0.3, 0.4) is 0 Å². The minimum atomic E-state index is -4.91. The highest BCUT2D eigenvalue weighted by atomic mass is 28.2. The summed E-state index contributed by atoms with van der Waals surface area (Å²) < 4.78 is 39.1. The number of hydrogen-bond acceptors (Lipinski definition) is 2. The maximum atomic E-state index is 11.7. The van der Waals surface area contributed by atoms with Gasteiger partial charge in [-0.25, -0.2) is 4.79 Å². The van der Waals surface area contributed by atoms with Crippen LogP contribution in [0.4, 0.5) is 13.2 Å². The van der Waals surface area contributed by atoms with Crippen molar-refractivity contribution in [1.29, 1.82) is 0 Å². The lowest BCUT2D eigenvalue weighted by molar-refractivity contribution is -0.189. The molecule has 1 rings (SSSR count). The van der Waals surface area contributed by atoms with Gasteiger partial charge in [0.25, 0.3) is 0 Å². The van der Waals surface area contributed by atoms with Crippen molar-refractivity contribution in [2.75, 3.05) is 0 Å². The van der Waals surface area contributed by atoms with Crippen LogP contribution >= 0.6 is 0 Å². The molecule has 0 aliphatic carbocycles. The van der Waals surface area contributed by atoms with Crippen molar-refractivity contribution >= 4 is 20.9 Å². The van der Waals surface area contributed by atoms with Gasteiger partial charge in [0.1, 0.15) is 0 Å². The quantitative estimate of drug-likeness (QED) is 0.693. The maximum absolute atomic E-state index is 11.7. The van der Waals surface area contributed by atoms with Gasteiger partial charge in [-0.3, -0.25) is 0 Å². The third kappa shape index (κ3) is 3.21. The SMILES string of the molecule is O=C(O[Si]c1ccccc1)C(F)(F)F. The molecule has 0 spiro atoms. The van der Waals surface area contributed by atoms with E-state index in [1.165, 1.54) is 0 Å². The van der Waals surface area contributed by atoms with Gasteiger partial charge in [0, 0.05) is 0 Å². The standard InChI is InChI=1S/C8H5F3O2Si/c9-8(10,11)7(12)13-14-6-4-2-1-3-5-6/h1-5H. The Kier molecular flexibility index (Phi) is 3.29. The molecule has 0 heterocycles. The molecule has 0 aliphatic heterocycles. The zero-order chi connectivity index (χ0) is 10.6. The van der Waals surface area contributed by atoms with Crippen LogP contribution in [0, 0.1) is 0 Å². The Bertz CT molecular complexity index is 310. The van der Waals surface area contributed by atoms with Crippen molar-refractivity contribution in [3.05, 3.63) is 30.3 Å². The fourth-order valence-electron chi connectivity index (χ4n) is 0.669. The van der Waals surface area contributed by atoms with Gasteiger partial charge in [0.05, 0.1) is 0 Å². The summed E-state index contributed by atoms with van der Waals surface area (Å²) in [7, 11) is -0.611. The molecule has 0 amide bonds. The summed E-state index contributed by atoms with van der Waals surface area (Å²) in [5, 5.41) is 0.546. The van der Waals surface area contributed by atoms with E-state index in [2.05, 4.69) is 4.43 Å². The number of rotatable bonds is 2. The summed E-state index contributed by atoms with van der Waals surface area (Å²) in [5.74, 6) is -2.15. The highest BCUT2D eigenvalue weighted by Crippen LogP contribution is 2.15. The molecule has 0 bridgehead atoms. The molecule has 2 nitrogen and oxygen atoms in total. The summed E-state index contributed by atoms with van der Waals surface area (Å²) in [5.41, 5.74) is 0. The molecule has 0 saturated carbocycles. The molecule has 0 atom stereocenters. The second-order valence-electron chi connectivity index (χ2n) is 2.36. The van der Waals surface area contributed by atoms with Gasteiger partial charge in [0.2, 0.25) is 0 Å². The third-order valence-corrected chi connectivity index (χ3v) is 2.12. The lowest BCUT2D eigenvalue weighted by Gasteiger charge is -2.05. The number of alkyl halides is 3. The predicted octanol–water partition coefficient (Wildman–Crippen LogP) is 1.04. The first-order valence-electron chi connectivity index (χ1n) is 3.59. The maximum Gasteiger partial charge on any atom is 0.489 e. The number of carbonyl (C=O) groups excluding carboxylic acids is 1. The summed E-state index contributed by atoms with van der Waals surface area (Å²) in [6, 6.07) is 8.21. The van der Waals surface area contributed by atoms with E-state index in [1.54, 1.807) is 30.3 Å².